The highest BCUT2D eigenvalue weighted by Gasteiger charge is 2.20. The average molecular weight is 259 g/mol. The molecule has 1 atom stereocenters. The van der Waals surface area contributed by atoms with Crippen molar-refractivity contribution in [2.75, 3.05) is 25.6 Å². The molecule has 0 radical (unpaired) electrons. The highest BCUT2D eigenvalue weighted by molar-refractivity contribution is 7.09. The van der Waals surface area contributed by atoms with Gasteiger partial charge in [-0.3, -0.25) is 0 Å². The molecule has 0 aliphatic rings. The molecule has 0 fully saturated rings. The van der Waals surface area contributed by atoms with Crippen LogP contribution in [-0.2, 0) is 4.74 Å². The molecule has 6 heteroatoms. The summed E-state index contributed by atoms with van der Waals surface area (Å²) < 4.78 is 9.19. The summed E-state index contributed by atoms with van der Waals surface area (Å²) in [5, 5.41) is 13.9. The Morgan fingerprint density at radius 3 is 2.76 bits per heavy atom. The van der Waals surface area contributed by atoms with E-state index in [1.165, 1.54) is 11.5 Å². The second-order valence-corrected chi connectivity index (χ2v) is 5.46. The molecule has 0 aliphatic carbocycles. The molecule has 1 heterocycles. The molecule has 1 unspecified atom stereocenters. The van der Waals surface area contributed by atoms with Crippen LogP contribution < -0.4 is 5.32 Å². The minimum absolute atomic E-state index is 0.329. The fourth-order valence-corrected chi connectivity index (χ4v) is 1.92. The molecule has 0 aromatic carbocycles. The SMILES string of the molecule is COCCC(C)(O)CNc1nc(C(C)C)ns1. The van der Waals surface area contributed by atoms with Crippen LogP contribution in [0.1, 0.15) is 38.9 Å². The zero-order valence-electron chi connectivity index (χ0n) is 10.9. The van der Waals surface area contributed by atoms with Crippen LogP contribution in [-0.4, -0.2) is 40.3 Å². The quantitative estimate of drug-likeness (QED) is 0.782. The largest absolute Gasteiger partial charge is 0.388 e. The summed E-state index contributed by atoms with van der Waals surface area (Å²) >= 11 is 1.33. The average Bonchev–Trinajstić information content (AvgIpc) is 2.73. The van der Waals surface area contributed by atoms with E-state index in [4.69, 9.17) is 4.74 Å². The van der Waals surface area contributed by atoms with Crippen LogP contribution in [0.25, 0.3) is 0 Å². The van der Waals surface area contributed by atoms with E-state index in [0.717, 1.165) is 11.0 Å². The van der Waals surface area contributed by atoms with Crippen LogP contribution >= 0.6 is 11.5 Å². The number of aromatic nitrogens is 2. The summed E-state index contributed by atoms with van der Waals surface area (Å²) in [4.78, 5) is 4.35. The first-order chi connectivity index (χ1) is 7.94. The lowest BCUT2D eigenvalue weighted by molar-refractivity contribution is 0.0357. The molecule has 5 nitrogen and oxygen atoms in total. The van der Waals surface area contributed by atoms with Crippen LogP contribution in [0.2, 0.25) is 0 Å². The van der Waals surface area contributed by atoms with Gasteiger partial charge in [-0.1, -0.05) is 13.8 Å². The first-order valence-electron chi connectivity index (χ1n) is 5.73. The van der Waals surface area contributed by atoms with Gasteiger partial charge in [-0.25, -0.2) is 4.98 Å². The summed E-state index contributed by atoms with van der Waals surface area (Å²) in [7, 11) is 1.63. The number of rotatable bonds is 7. The molecule has 0 aliphatic heterocycles. The minimum Gasteiger partial charge on any atom is -0.388 e. The van der Waals surface area contributed by atoms with Gasteiger partial charge in [0.05, 0.1) is 5.60 Å². The van der Waals surface area contributed by atoms with Gasteiger partial charge in [0.25, 0.3) is 0 Å². The Kier molecular flexibility index (Phi) is 5.30. The third-order valence-electron chi connectivity index (χ3n) is 2.42. The van der Waals surface area contributed by atoms with Crippen LogP contribution in [0.3, 0.4) is 0 Å². The number of nitrogens with zero attached hydrogens (tertiary/aromatic N) is 2. The van der Waals surface area contributed by atoms with Crippen molar-refractivity contribution in [3.05, 3.63) is 5.82 Å². The van der Waals surface area contributed by atoms with Crippen LogP contribution in [0.4, 0.5) is 5.13 Å². The van der Waals surface area contributed by atoms with Gasteiger partial charge in [0.1, 0.15) is 5.82 Å². The van der Waals surface area contributed by atoms with Gasteiger partial charge in [0.2, 0.25) is 5.13 Å². The monoisotopic (exact) mass is 259 g/mol. The fraction of sp³-hybridized carbons (Fsp3) is 0.818. The van der Waals surface area contributed by atoms with Crippen molar-refractivity contribution in [2.45, 2.75) is 38.7 Å². The molecule has 0 spiro atoms. The third-order valence-corrected chi connectivity index (χ3v) is 3.11. The Morgan fingerprint density at radius 2 is 2.24 bits per heavy atom. The van der Waals surface area contributed by atoms with Crippen molar-refractivity contribution in [3.63, 3.8) is 0 Å². The molecule has 17 heavy (non-hydrogen) atoms. The van der Waals surface area contributed by atoms with E-state index >= 15 is 0 Å². The molecular formula is C11H21N3O2S. The summed E-state index contributed by atoms with van der Waals surface area (Å²) in [5.74, 6) is 1.17. The van der Waals surface area contributed by atoms with E-state index in [0.29, 0.717) is 25.5 Å². The van der Waals surface area contributed by atoms with E-state index in [-0.39, 0.29) is 0 Å². The van der Waals surface area contributed by atoms with E-state index < -0.39 is 5.60 Å². The van der Waals surface area contributed by atoms with Gasteiger partial charge >= 0.3 is 0 Å². The molecule has 0 saturated heterocycles. The van der Waals surface area contributed by atoms with E-state index in [1.807, 2.05) is 0 Å². The number of aliphatic hydroxyl groups is 1. The molecule has 0 saturated carbocycles. The van der Waals surface area contributed by atoms with Crippen molar-refractivity contribution in [1.82, 2.24) is 9.36 Å². The molecule has 98 valence electrons. The Hall–Kier alpha value is -0.720. The van der Waals surface area contributed by atoms with Crippen molar-refractivity contribution in [1.29, 1.82) is 0 Å². The number of nitrogens with one attached hydrogen (secondary N) is 1. The van der Waals surface area contributed by atoms with Crippen LogP contribution in [0.5, 0.6) is 0 Å². The second kappa shape index (κ2) is 6.28. The van der Waals surface area contributed by atoms with Gasteiger partial charge < -0.3 is 15.2 Å². The highest BCUT2D eigenvalue weighted by atomic mass is 32.1. The zero-order valence-corrected chi connectivity index (χ0v) is 11.7. The molecule has 0 amide bonds. The molecule has 2 N–H and O–H groups in total. The smallest absolute Gasteiger partial charge is 0.202 e. The van der Waals surface area contributed by atoms with Gasteiger partial charge in [-0.05, 0) is 6.92 Å². The summed E-state index contributed by atoms with van der Waals surface area (Å²) in [5.41, 5.74) is -0.792. The predicted molar refractivity (Wildman–Crippen MR) is 69.6 cm³/mol. The van der Waals surface area contributed by atoms with Crippen molar-refractivity contribution in [2.24, 2.45) is 0 Å². The zero-order chi connectivity index (χ0) is 12.9. The summed E-state index contributed by atoms with van der Waals surface area (Å²) in [6.07, 6.45) is 0.590. The lowest BCUT2D eigenvalue weighted by Gasteiger charge is -2.22. The van der Waals surface area contributed by atoms with Gasteiger partial charge in [-0.15, -0.1) is 0 Å². The van der Waals surface area contributed by atoms with Gasteiger partial charge in [0, 0.05) is 44.1 Å². The summed E-state index contributed by atoms with van der Waals surface area (Å²) in [6, 6.07) is 0. The maximum Gasteiger partial charge on any atom is 0.202 e. The topological polar surface area (TPSA) is 67.3 Å². The van der Waals surface area contributed by atoms with E-state index in [1.54, 1.807) is 14.0 Å². The Morgan fingerprint density at radius 1 is 1.53 bits per heavy atom. The molecule has 1 aromatic rings. The van der Waals surface area contributed by atoms with Crippen LogP contribution in [0, 0.1) is 0 Å². The lowest BCUT2D eigenvalue weighted by Crippen LogP contribution is -2.34. The maximum atomic E-state index is 10.0. The number of hydrogen-bond acceptors (Lipinski definition) is 6. The van der Waals surface area contributed by atoms with Crippen LogP contribution in [0.15, 0.2) is 0 Å². The first-order valence-corrected chi connectivity index (χ1v) is 6.51. The number of hydrogen-bond donors (Lipinski definition) is 2. The standard InChI is InChI=1S/C11H21N3O2S/c1-8(2)9-13-10(17-14-9)12-7-11(3,15)5-6-16-4/h8,15H,5-7H2,1-4H3,(H,12,13,14). The molecular weight excluding hydrogens is 238 g/mol. The van der Waals surface area contributed by atoms with Gasteiger partial charge in [0.15, 0.2) is 0 Å². The van der Waals surface area contributed by atoms with Crippen molar-refractivity contribution >= 4 is 16.7 Å². The molecule has 1 rings (SSSR count). The van der Waals surface area contributed by atoms with Gasteiger partial charge in [-0.2, -0.15) is 4.37 Å². The van der Waals surface area contributed by atoms with E-state index in [9.17, 15) is 5.11 Å². The fourth-order valence-electron chi connectivity index (χ4n) is 1.22. The van der Waals surface area contributed by atoms with Crippen molar-refractivity contribution < 1.29 is 9.84 Å². The number of anilines is 1. The Bertz CT molecular complexity index is 339. The first kappa shape index (κ1) is 14.3. The molecule has 0 bridgehead atoms. The Labute approximate surface area is 106 Å². The number of methoxy groups -OCH3 is 1. The van der Waals surface area contributed by atoms with Crippen molar-refractivity contribution in [3.8, 4) is 0 Å². The van der Waals surface area contributed by atoms with E-state index in [2.05, 4.69) is 28.5 Å². The number of ether oxygens (including phenoxy) is 1. The summed E-state index contributed by atoms with van der Waals surface area (Å²) in [6.45, 7) is 6.88. The Balaban J connectivity index is 2.43. The molecule has 1 aromatic heterocycles. The normalized spacial score (nSPS) is 14.9. The second-order valence-electron chi connectivity index (χ2n) is 4.71. The minimum atomic E-state index is -0.792. The lowest BCUT2D eigenvalue weighted by atomic mass is 10.0. The highest BCUT2D eigenvalue weighted by Crippen LogP contribution is 2.18. The third kappa shape index (κ3) is 4.97. The maximum absolute atomic E-state index is 10.0. The predicted octanol–water partition coefficient (Wildman–Crippen LogP) is 1.86.